The second-order valence-corrected chi connectivity index (χ2v) is 5.42. The molecular formula is C16H18ClNO3. The van der Waals surface area contributed by atoms with E-state index in [4.69, 9.17) is 16.3 Å². The van der Waals surface area contributed by atoms with Crippen molar-refractivity contribution >= 4 is 23.5 Å². The Kier molecular flexibility index (Phi) is 4.68. The van der Waals surface area contributed by atoms with Crippen molar-refractivity contribution in [2.45, 2.75) is 26.2 Å². The van der Waals surface area contributed by atoms with Gasteiger partial charge >= 0.3 is 5.97 Å². The van der Waals surface area contributed by atoms with Gasteiger partial charge in [-0.05, 0) is 31.5 Å². The summed E-state index contributed by atoms with van der Waals surface area (Å²) in [5, 5.41) is 0.622. The van der Waals surface area contributed by atoms with E-state index in [9.17, 15) is 9.59 Å². The topological polar surface area (TPSA) is 46.6 Å². The van der Waals surface area contributed by atoms with Crippen LogP contribution in [0.3, 0.4) is 0 Å². The lowest BCUT2D eigenvalue weighted by Gasteiger charge is -2.32. The van der Waals surface area contributed by atoms with Crippen LogP contribution in [0.4, 0.5) is 0 Å². The van der Waals surface area contributed by atoms with Crippen LogP contribution in [0.1, 0.15) is 31.7 Å². The minimum atomic E-state index is -0.366. The summed E-state index contributed by atoms with van der Waals surface area (Å²) < 4.78 is 5.15. The minimum absolute atomic E-state index is 0.0134. The van der Waals surface area contributed by atoms with Gasteiger partial charge in [0, 0.05) is 30.1 Å². The van der Waals surface area contributed by atoms with Crippen LogP contribution in [-0.2, 0) is 14.3 Å². The van der Waals surface area contributed by atoms with Crippen molar-refractivity contribution in [2.75, 3.05) is 13.7 Å². The molecular weight excluding hydrogens is 290 g/mol. The number of benzene rings is 1. The zero-order valence-electron chi connectivity index (χ0n) is 12.4. The molecule has 0 aromatic heterocycles. The highest BCUT2D eigenvalue weighted by Gasteiger charge is 2.35. The summed E-state index contributed by atoms with van der Waals surface area (Å²) in [6.45, 7) is 3.84. The highest BCUT2D eigenvalue weighted by atomic mass is 35.5. The number of hydrogen-bond donors (Lipinski definition) is 0. The first-order valence-electron chi connectivity index (χ1n) is 6.85. The van der Waals surface area contributed by atoms with Gasteiger partial charge in [-0.2, -0.15) is 0 Å². The van der Waals surface area contributed by atoms with Crippen LogP contribution >= 0.6 is 11.6 Å². The number of carbonyl (C=O) groups is 2. The Bertz CT molecular complexity index is 592. The normalized spacial score (nSPS) is 19.0. The van der Waals surface area contributed by atoms with Crippen LogP contribution in [0.25, 0.3) is 0 Å². The predicted octanol–water partition coefficient (Wildman–Crippen LogP) is 3.12. The van der Waals surface area contributed by atoms with Crippen LogP contribution in [0.2, 0.25) is 5.02 Å². The Balaban J connectivity index is 2.48. The second kappa shape index (κ2) is 6.31. The Morgan fingerprint density at radius 1 is 1.38 bits per heavy atom. The number of allylic oxidation sites excluding steroid dienone is 1. The van der Waals surface area contributed by atoms with Crippen LogP contribution in [0, 0.1) is 0 Å². The number of hydrogen-bond acceptors (Lipinski definition) is 3. The van der Waals surface area contributed by atoms with Gasteiger partial charge in [-0.25, -0.2) is 4.79 Å². The number of halogens is 1. The van der Waals surface area contributed by atoms with E-state index in [0.29, 0.717) is 22.9 Å². The van der Waals surface area contributed by atoms with E-state index in [0.717, 1.165) is 5.56 Å². The van der Waals surface area contributed by atoms with E-state index < -0.39 is 0 Å². The van der Waals surface area contributed by atoms with E-state index in [2.05, 4.69) is 0 Å². The molecule has 0 spiro atoms. The van der Waals surface area contributed by atoms with Crippen molar-refractivity contribution in [3.8, 4) is 0 Å². The van der Waals surface area contributed by atoms with Crippen molar-refractivity contribution in [1.82, 2.24) is 4.90 Å². The van der Waals surface area contributed by atoms with Crippen LogP contribution in [0.5, 0.6) is 0 Å². The summed E-state index contributed by atoms with van der Waals surface area (Å²) in [5.41, 5.74) is 2.08. The van der Waals surface area contributed by atoms with Crippen molar-refractivity contribution < 1.29 is 14.3 Å². The minimum Gasteiger partial charge on any atom is -0.463 e. The number of esters is 1. The third kappa shape index (κ3) is 3.10. The maximum atomic E-state index is 12.3. The van der Waals surface area contributed by atoms with Gasteiger partial charge in [-0.3, -0.25) is 4.79 Å². The van der Waals surface area contributed by atoms with E-state index in [1.165, 1.54) is 4.90 Å². The van der Waals surface area contributed by atoms with Crippen molar-refractivity contribution in [2.24, 2.45) is 0 Å². The average molecular weight is 308 g/mol. The van der Waals surface area contributed by atoms with Gasteiger partial charge in [0.15, 0.2) is 0 Å². The Morgan fingerprint density at radius 2 is 2.00 bits per heavy atom. The van der Waals surface area contributed by atoms with E-state index >= 15 is 0 Å². The van der Waals surface area contributed by atoms with Crippen molar-refractivity contribution in [1.29, 1.82) is 0 Å². The van der Waals surface area contributed by atoms with Crippen LogP contribution in [-0.4, -0.2) is 30.4 Å². The fourth-order valence-corrected chi connectivity index (χ4v) is 2.64. The van der Waals surface area contributed by atoms with Crippen LogP contribution < -0.4 is 0 Å². The fraction of sp³-hybridized carbons (Fsp3) is 0.375. The molecule has 0 saturated heterocycles. The SMILES string of the molecule is CCOC(=O)C1=C(C)N(C)C(=O)C[C@H]1c1ccc(Cl)cc1. The third-order valence-corrected chi connectivity index (χ3v) is 4.01. The Morgan fingerprint density at radius 3 is 2.57 bits per heavy atom. The van der Waals surface area contributed by atoms with Crippen LogP contribution in [0.15, 0.2) is 35.5 Å². The molecule has 1 aliphatic rings. The predicted molar refractivity (Wildman–Crippen MR) is 80.9 cm³/mol. The molecule has 0 unspecified atom stereocenters. The molecule has 0 fully saturated rings. The maximum Gasteiger partial charge on any atom is 0.336 e. The first-order valence-corrected chi connectivity index (χ1v) is 7.23. The summed E-state index contributed by atoms with van der Waals surface area (Å²) >= 11 is 5.90. The first kappa shape index (κ1) is 15.6. The van der Waals surface area contributed by atoms with Crippen molar-refractivity contribution in [3.05, 3.63) is 46.1 Å². The van der Waals surface area contributed by atoms with Crippen molar-refractivity contribution in [3.63, 3.8) is 0 Å². The van der Waals surface area contributed by atoms with Gasteiger partial charge in [-0.15, -0.1) is 0 Å². The molecule has 1 aliphatic heterocycles. The van der Waals surface area contributed by atoms with Gasteiger partial charge in [-0.1, -0.05) is 23.7 Å². The molecule has 4 nitrogen and oxygen atoms in total. The molecule has 0 bridgehead atoms. The molecule has 2 rings (SSSR count). The van der Waals surface area contributed by atoms with Gasteiger partial charge < -0.3 is 9.64 Å². The Hall–Kier alpha value is -1.81. The molecule has 0 radical (unpaired) electrons. The molecule has 112 valence electrons. The molecule has 0 N–H and O–H groups in total. The molecule has 21 heavy (non-hydrogen) atoms. The largest absolute Gasteiger partial charge is 0.463 e. The molecule has 1 heterocycles. The zero-order chi connectivity index (χ0) is 15.6. The molecule has 1 amide bonds. The smallest absolute Gasteiger partial charge is 0.336 e. The summed E-state index contributed by atoms with van der Waals surface area (Å²) in [6.07, 6.45) is 0.254. The van der Waals surface area contributed by atoms with E-state index in [1.54, 1.807) is 33.0 Å². The molecule has 0 aliphatic carbocycles. The molecule has 1 aromatic rings. The molecule has 1 atom stereocenters. The third-order valence-electron chi connectivity index (χ3n) is 3.76. The monoisotopic (exact) mass is 307 g/mol. The van der Waals surface area contributed by atoms with E-state index in [-0.39, 0.29) is 24.2 Å². The quantitative estimate of drug-likeness (QED) is 0.806. The summed E-state index contributed by atoms with van der Waals surface area (Å²) in [5.74, 6) is -0.667. The standard InChI is InChI=1S/C16H18ClNO3/c1-4-21-16(20)15-10(2)18(3)14(19)9-13(15)11-5-7-12(17)8-6-11/h5-8,13H,4,9H2,1-3H3/t13-/m0/s1. The summed E-state index contributed by atoms with van der Waals surface area (Å²) in [6, 6.07) is 7.21. The molecule has 5 heteroatoms. The average Bonchev–Trinajstić information content (AvgIpc) is 2.45. The number of amides is 1. The second-order valence-electron chi connectivity index (χ2n) is 4.98. The van der Waals surface area contributed by atoms with Gasteiger partial charge in [0.25, 0.3) is 0 Å². The lowest BCUT2D eigenvalue weighted by molar-refractivity contribution is -0.139. The maximum absolute atomic E-state index is 12.3. The lowest BCUT2D eigenvalue weighted by atomic mass is 9.84. The number of nitrogens with zero attached hydrogens (tertiary/aromatic N) is 1. The number of rotatable bonds is 3. The zero-order valence-corrected chi connectivity index (χ0v) is 13.1. The number of carbonyl (C=O) groups excluding carboxylic acids is 2. The lowest BCUT2D eigenvalue weighted by Crippen LogP contribution is -2.35. The van der Waals surface area contributed by atoms with Gasteiger partial charge in [0.1, 0.15) is 0 Å². The van der Waals surface area contributed by atoms with E-state index in [1.807, 2.05) is 12.1 Å². The van der Waals surface area contributed by atoms with Gasteiger partial charge in [0.2, 0.25) is 5.91 Å². The Labute approximate surface area is 129 Å². The first-order chi connectivity index (χ1) is 9.95. The highest BCUT2D eigenvalue weighted by Crippen LogP contribution is 2.36. The molecule has 0 saturated carbocycles. The highest BCUT2D eigenvalue weighted by molar-refractivity contribution is 6.30. The number of ether oxygens (including phenoxy) is 1. The fourth-order valence-electron chi connectivity index (χ4n) is 2.51. The summed E-state index contributed by atoms with van der Waals surface area (Å²) in [4.78, 5) is 25.9. The molecule has 1 aromatic carbocycles. The summed E-state index contributed by atoms with van der Waals surface area (Å²) in [7, 11) is 1.68. The van der Waals surface area contributed by atoms with Gasteiger partial charge in [0.05, 0.1) is 12.2 Å².